The fraction of sp³-hybridized carbons (Fsp3) is 0. The first kappa shape index (κ1) is 13.0. The lowest BCUT2D eigenvalue weighted by atomic mass is 10.1. The number of phenolic OH excluding ortho intramolecular Hbond substituents is 1. The first-order valence-corrected chi connectivity index (χ1v) is 5.53. The van der Waals surface area contributed by atoms with Crippen molar-refractivity contribution in [3.8, 4) is 5.75 Å². The zero-order chi connectivity index (χ0) is 13.8. The zero-order valence-corrected chi connectivity index (χ0v) is 9.81. The van der Waals surface area contributed by atoms with Gasteiger partial charge in [0.1, 0.15) is 17.4 Å². The van der Waals surface area contributed by atoms with Gasteiger partial charge in [-0.2, -0.15) is 0 Å². The number of rotatable bonds is 3. The van der Waals surface area contributed by atoms with Gasteiger partial charge < -0.3 is 5.11 Å². The van der Waals surface area contributed by atoms with Crippen LogP contribution in [0.3, 0.4) is 0 Å². The second-order valence-electron chi connectivity index (χ2n) is 3.88. The van der Waals surface area contributed by atoms with E-state index in [1.54, 1.807) is 6.07 Å². The topological polar surface area (TPSA) is 37.3 Å². The van der Waals surface area contributed by atoms with Crippen LogP contribution in [-0.2, 0) is 0 Å². The molecular weight excluding hydrogens is 250 g/mol. The second-order valence-corrected chi connectivity index (χ2v) is 3.88. The summed E-state index contributed by atoms with van der Waals surface area (Å²) in [6.07, 6.45) is 2.37. The minimum atomic E-state index is -0.625. The van der Waals surface area contributed by atoms with E-state index in [9.17, 15) is 18.7 Å². The highest BCUT2D eigenvalue weighted by Crippen LogP contribution is 2.19. The number of aromatic hydroxyl groups is 1. The maximum Gasteiger partial charge on any atom is 0.189 e. The number of phenols is 1. The molecule has 0 saturated carbocycles. The van der Waals surface area contributed by atoms with Crippen LogP contribution in [0.25, 0.3) is 6.08 Å². The number of carbonyl (C=O) groups excluding carboxylic acids is 1. The zero-order valence-electron chi connectivity index (χ0n) is 9.81. The van der Waals surface area contributed by atoms with Crippen molar-refractivity contribution >= 4 is 11.9 Å². The normalized spacial score (nSPS) is 10.8. The molecule has 0 spiro atoms. The maximum absolute atomic E-state index is 13.3. The van der Waals surface area contributed by atoms with E-state index in [2.05, 4.69) is 0 Å². The Bertz CT molecular complexity index is 648. The minimum absolute atomic E-state index is 0.160. The van der Waals surface area contributed by atoms with Gasteiger partial charge in [0.25, 0.3) is 0 Å². The number of halogens is 2. The Morgan fingerprint density at radius 1 is 1.11 bits per heavy atom. The molecule has 96 valence electrons. The first-order valence-electron chi connectivity index (χ1n) is 5.53. The third kappa shape index (κ3) is 3.04. The lowest BCUT2D eigenvalue weighted by Gasteiger charge is -2.00. The van der Waals surface area contributed by atoms with Crippen LogP contribution in [0.2, 0.25) is 0 Å². The van der Waals surface area contributed by atoms with Crippen LogP contribution in [0.4, 0.5) is 8.78 Å². The molecule has 0 fully saturated rings. The summed E-state index contributed by atoms with van der Waals surface area (Å²) in [5.74, 6) is -2.00. The van der Waals surface area contributed by atoms with E-state index in [4.69, 9.17) is 0 Å². The quantitative estimate of drug-likeness (QED) is 0.676. The van der Waals surface area contributed by atoms with Gasteiger partial charge in [-0.05, 0) is 36.4 Å². The van der Waals surface area contributed by atoms with E-state index in [1.807, 2.05) is 0 Å². The molecule has 0 amide bonds. The molecule has 1 N–H and O–H groups in total. The molecule has 0 aromatic heterocycles. The van der Waals surface area contributed by atoms with Crippen molar-refractivity contribution in [2.45, 2.75) is 0 Å². The number of ketones is 1. The fourth-order valence-corrected chi connectivity index (χ4v) is 1.57. The summed E-state index contributed by atoms with van der Waals surface area (Å²) in [6, 6.07) is 9.02. The highest BCUT2D eigenvalue weighted by atomic mass is 19.1. The smallest absolute Gasteiger partial charge is 0.189 e. The Hall–Kier alpha value is -2.49. The van der Waals surface area contributed by atoms with E-state index in [-0.39, 0.29) is 16.9 Å². The van der Waals surface area contributed by atoms with Crippen molar-refractivity contribution in [2.24, 2.45) is 0 Å². The molecule has 0 bridgehead atoms. The number of allylic oxidation sites excluding steroid dienone is 1. The van der Waals surface area contributed by atoms with Crippen LogP contribution >= 0.6 is 0 Å². The van der Waals surface area contributed by atoms with Crippen LogP contribution in [-0.4, -0.2) is 10.9 Å². The van der Waals surface area contributed by atoms with Gasteiger partial charge in [-0.15, -0.1) is 0 Å². The van der Waals surface area contributed by atoms with Gasteiger partial charge >= 0.3 is 0 Å². The summed E-state index contributed by atoms with van der Waals surface area (Å²) in [5.41, 5.74) is 0.0827. The predicted octanol–water partition coefficient (Wildman–Crippen LogP) is 3.57. The standard InChI is InChI=1S/C15H10F2O2/c16-11-6-8-15(19)12(9-11)14(18)7-5-10-3-1-2-4-13(10)17/h1-9,19H. The summed E-state index contributed by atoms with van der Waals surface area (Å²) in [4.78, 5) is 11.8. The van der Waals surface area contributed by atoms with Gasteiger partial charge in [0.15, 0.2) is 5.78 Å². The molecule has 0 unspecified atom stereocenters. The van der Waals surface area contributed by atoms with Gasteiger partial charge in [0, 0.05) is 5.56 Å². The van der Waals surface area contributed by atoms with Gasteiger partial charge in [0.05, 0.1) is 5.56 Å². The minimum Gasteiger partial charge on any atom is -0.507 e. The fourth-order valence-electron chi connectivity index (χ4n) is 1.57. The highest BCUT2D eigenvalue weighted by Gasteiger charge is 2.09. The van der Waals surface area contributed by atoms with Gasteiger partial charge in [0.2, 0.25) is 0 Å². The van der Waals surface area contributed by atoms with Crippen molar-refractivity contribution in [3.05, 3.63) is 71.3 Å². The van der Waals surface area contributed by atoms with Crippen LogP contribution in [0.1, 0.15) is 15.9 Å². The van der Waals surface area contributed by atoms with Gasteiger partial charge in [-0.25, -0.2) is 8.78 Å². The molecule has 0 heterocycles. The molecule has 0 aliphatic rings. The predicted molar refractivity (Wildman–Crippen MR) is 67.8 cm³/mol. The van der Waals surface area contributed by atoms with Gasteiger partial charge in [-0.3, -0.25) is 4.79 Å². The molecule has 0 aliphatic carbocycles. The Morgan fingerprint density at radius 3 is 2.58 bits per heavy atom. The Balaban J connectivity index is 2.26. The van der Waals surface area contributed by atoms with E-state index in [1.165, 1.54) is 24.3 Å². The lowest BCUT2D eigenvalue weighted by molar-refractivity contribution is 0.104. The summed E-state index contributed by atoms with van der Waals surface area (Å²) >= 11 is 0. The Morgan fingerprint density at radius 2 is 1.84 bits per heavy atom. The molecule has 2 nitrogen and oxygen atoms in total. The molecule has 2 rings (SSSR count). The maximum atomic E-state index is 13.3. The molecule has 2 aromatic rings. The molecule has 4 heteroatoms. The van der Waals surface area contributed by atoms with Crippen LogP contribution in [0.15, 0.2) is 48.5 Å². The lowest BCUT2D eigenvalue weighted by Crippen LogP contribution is -1.96. The monoisotopic (exact) mass is 260 g/mol. The summed E-state index contributed by atoms with van der Waals surface area (Å²) in [5, 5.41) is 9.46. The van der Waals surface area contributed by atoms with Crippen molar-refractivity contribution in [2.75, 3.05) is 0 Å². The Labute approximate surface area is 108 Å². The third-order valence-electron chi connectivity index (χ3n) is 2.54. The summed E-state index contributed by atoms with van der Waals surface area (Å²) in [7, 11) is 0. The van der Waals surface area contributed by atoms with Crippen molar-refractivity contribution in [1.29, 1.82) is 0 Å². The van der Waals surface area contributed by atoms with Crippen LogP contribution in [0.5, 0.6) is 5.75 Å². The molecule has 2 aromatic carbocycles. The number of carbonyl (C=O) groups is 1. The molecule has 0 radical (unpaired) electrons. The second kappa shape index (κ2) is 5.44. The van der Waals surface area contributed by atoms with Crippen molar-refractivity contribution in [1.82, 2.24) is 0 Å². The largest absolute Gasteiger partial charge is 0.507 e. The number of hydrogen-bond donors (Lipinski definition) is 1. The van der Waals surface area contributed by atoms with Crippen LogP contribution in [0, 0.1) is 11.6 Å². The van der Waals surface area contributed by atoms with E-state index >= 15 is 0 Å². The molecular formula is C15H10F2O2. The molecule has 0 atom stereocenters. The number of hydrogen-bond acceptors (Lipinski definition) is 2. The van der Waals surface area contributed by atoms with Gasteiger partial charge in [-0.1, -0.05) is 18.2 Å². The average molecular weight is 260 g/mol. The molecule has 0 aliphatic heterocycles. The first-order chi connectivity index (χ1) is 9.08. The number of benzene rings is 2. The van der Waals surface area contributed by atoms with Crippen molar-refractivity contribution < 1.29 is 18.7 Å². The summed E-state index contributed by atoms with van der Waals surface area (Å²) < 4.78 is 26.3. The van der Waals surface area contributed by atoms with E-state index < -0.39 is 17.4 Å². The third-order valence-corrected chi connectivity index (χ3v) is 2.54. The Kier molecular flexibility index (Phi) is 3.71. The molecule has 0 saturated heterocycles. The van der Waals surface area contributed by atoms with E-state index in [0.717, 1.165) is 24.3 Å². The summed E-state index contributed by atoms with van der Waals surface area (Å²) in [6.45, 7) is 0. The van der Waals surface area contributed by atoms with Crippen molar-refractivity contribution in [3.63, 3.8) is 0 Å². The molecule has 19 heavy (non-hydrogen) atoms. The van der Waals surface area contributed by atoms with Crippen LogP contribution < -0.4 is 0 Å². The SMILES string of the molecule is O=C(C=Cc1ccccc1F)c1cc(F)ccc1O. The average Bonchev–Trinajstić information content (AvgIpc) is 2.40. The highest BCUT2D eigenvalue weighted by molar-refractivity contribution is 6.08. The van der Waals surface area contributed by atoms with E-state index in [0.29, 0.717) is 0 Å².